The van der Waals surface area contributed by atoms with Gasteiger partial charge < -0.3 is 12.5 Å². The van der Waals surface area contributed by atoms with Gasteiger partial charge in [0.15, 0.2) is 11.5 Å². The first-order chi connectivity index (χ1) is 10.5. The van der Waals surface area contributed by atoms with Crippen LogP contribution in [0.2, 0.25) is 0 Å². The molecule has 0 saturated carbocycles. The van der Waals surface area contributed by atoms with E-state index in [1.807, 2.05) is 0 Å². The predicted octanol–water partition coefficient (Wildman–Crippen LogP) is 0.627. The van der Waals surface area contributed by atoms with Crippen molar-refractivity contribution in [3.63, 3.8) is 0 Å². The summed E-state index contributed by atoms with van der Waals surface area (Å²) >= 11 is 0. The van der Waals surface area contributed by atoms with E-state index in [1.54, 1.807) is 6.92 Å². The maximum Gasteiger partial charge on any atom is 0.306 e. The maximum absolute atomic E-state index is 11.5. The maximum atomic E-state index is 11.5. The lowest BCUT2D eigenvalue weighted by Crippen LogP contribution is -2.16. The van der Waals surface area contributed by atoms with E-state index < -0.39 is 47.6 Å². The number of rotatable bonds is 6. The van der Waals surface area contributed by atoms with Gasteiger partial charge in [-0.3, -0.25) is 0 Å². The molecule has 138 valence electrons. The molecular weight excluding hydrogens is 384 g/mol. The molecular formula is C12H18O9S3. The lowest BCUT2D eigenvalue weighted by molar-refractivity contribution is 0.430. The van der Waals surface area contributed by atoms with Gasteiger partial charge in [0.2, 0.25) is 5.75 Å². The zero-order valence-electron chi connectivity index (χ0n) is 13.9. The van der Waals surface area contributed by atoms with E-state index in [0.29, 0.717) is 11.8 Å². The first kappa shape index (κ1) is 20.5. The van der Waals surface area contributed by atoms with Crippen molar-refractivity contribution >= 4 is 30.4 Å². The summed E-state index contributed by atoms with van der Waals surface area (Å²) in [7, 11) is -12.2. The zero-order valence-corrected chi connectivity index (χ0v) is 16.3. The summed E-state index contributed by atoms with van der Waals surface area (Å²) in [4.78, 5) is 0. The van der Waals surface area contributed by atoms with E-state index >= 15 is 0 Å². The molecule has 0 aliphatic rings. The molecule has 0 N–H and O–H groups in total. The minimum Gasteiger partial charge on any atom is -0.378 e. The Balaban J connectivity index is 3.91. The average Bonchev–Trinajstić information content (AvgIpc) is 2.32. The Morgan fingerprint density at radius 1 is 0.500 bits per heavy atom. The summed E-state index contributed by atoms with van der Waals surface area (Å²) in [5, 5.41) is 0. The largest absolute Gasteiger partial charge is 0.378 e. The molecule has 0 fully saturated rings. The summed E-state index contributed by atoms with van der Waals surface area (Å²) in [6.07, 6.45) is 2.22. The van der Waals surface area contributed by atoms with Crippen molar-refractivity contribution in [2.45, 2.75) is 20.8 Å². The second kappa shape index (κ2) is 6.41. The van der Waals surface area contributed by atoms with Gasteiger partial charge in [-0.2, -0.15) is 25.3 Å². The highest BCUT2D eigenvalue weighted by atomic mass is 32.2. The van der Waals surface area contributed by atoms with Crippen LogP contribution in [-0.2, 0) is 30.4 Å². The highest BCUT2D eigenvalue weighted by Crippen LogP contribution is 2.46. The smallest absolute Gasteiger partial charge is 0.306 e. The molecule has 9 nitrogen and oxygen atoms in total. The molecule has 1 aromatic rings. The van der Waals surface area contributed by atoms with E-state index in [-0.39, 0.29) is 11.1 Å². The summed E-state index contributed by atoms with van der Waals surface area (Å²) in [5.74, 6) is -1.55. The van der Waals surface area contributed by atoms with Gasteiger partial charge in [0, 0.05) is 11.1 Å². The van der Waals surface area contributed by atoms with Crippen LogP contribution in [0.4, 0.5) is 0 Å². The van der Waals surface area contributed by atoms with Gasteiger partial charge in [-0.1, -0.05) is 0 Å². The van der Waals surface area contributed by atoms with Crippen molar-refractivity contribution in [3.05, 3.63) is 16.7 Å². The van der Waals surface area contributed by atoms with Crippen LogP contribution in [0.5, 0.6) is 17.2 Å². The van der Waals surface area contributed by atoms with Crippen LogP contribution in [0.1, 0.15) is 16.7 Å². The second-order valence-electron chi connectivity index (χ2n) is 5.22. The van der Waals surface area contributed by atoms with Crippen molar-refractivity contribution in [3.8, 4) is 17.2 Å². The van der Waals surface area contributed by atoms with Gasteiger partial charge in [0.1, 0.15) is 0 Å². The van der Waals surface area contributed by atoms with Gasteiger partial charge in [0.25, 0.3) is 0 Å². The molecule has 24 heavy (non-hydrogen) atoms. The summed E-state index contributed by atoms with van der Waals surface area (Å²) < 4.78 is 83.3. The van der Waals surface area contributed by atoms with Gasteiger partial charge in [-0.05, 0) is 26.3 Å². The lowest BCUT2D eigenvalue weighted by Gasteiger charge is -2.20. The molecule has 0 aromatic heterocycles. The Kier molecular flexibility index (Phi) is 5.48. The van der Waals surface area contributed by atoms with Gasteiger partial charge in [-0.15, -0.1) is 0 Å². The van der Waals surface area contributed by atoms with Crippen LogP contribution in [0, 0.1) is 20.8 Å². The molecule has 0 amide bonds. The monoisotopic (exact) mass is 402 g/mol. The fraction of sp³-hybridized carbons (Fsp3) is 0.500. The quantitative estimate of drug-likeness (QED) is 0.629. The van der Waals surface area contributed by atoms with Crippen molar-refractivity contribution < 1.29 is 37.8 Å². The lowest BCUT2D eigenvalue weighted by atomic mass is 10.0. The Bertz CT molecular complexity index is 910. The molecule has 0 saturated heterocycles. The molecule has 1 rings (SSSR count). The summed E-state index contributed by atoms with van der Waals surface area (Å²) in [6.45, 7) is 4.52. The topological polar surface area (TPSA) is 130 Å². The molecule has 0 atom stereocenters. The normalized spacial score (nSPS) is 12.8. The molecule has 0 heterocycles. The highest BCUT2D eigenvalue weighted by molar-refractivity contribution is 7.87. The molecule has 0 aliphatic carbocycles. The fourth-order valence-electron chi connectivity index (χ4n) is 1.80. The Morgan fingerprint density at radius 2 is 0.750 bits per heavy atom. The predicted molar refractivity (Wildman–Crippen MR) is 87.1 cm³/mol. The number of hydrogen-bond acceptors (Lipinski definition) is 9. The Hall–Kier alpha value is -1.53. The standard InChI is InChI=1S/C12H18O9S3/c1-7-8(2)10(19-22(4,13)14)12(21-24(6,17)18)11(9(7)3)20-23(5,15)16/h1-6H3. The van der Waals surface area contributed by atoms with Crippen LogP contribution in [-0.4, -0.2) is 44.0 Å². The van der Waals surface area contributed by atoms with Crippen LogP contribution < -0.4 is 12.5 Å². The van der Waals surface area contributed by atoms with Crippen molar-refractivity contribution in [2.75, 3.05) is 18.8 Å². The first-order valence-corrected chi connectivity index (χ1v) is 11.8. The van der Waals surface area contributed by atoms with Gasteiger partial charge in [-0.25, -0.2) is 0 Å². The fourth-order valence-corrected chi connectivity index (χ4v) is 3.26. The molecule has 0 unspecified atom stereocenters. The third-order valence-electron chi connectivity index (χ3n) is 2.92. The van der Waals surface area contributed by atoms with E-state index in [1.165, 1.54) is 13.8 Å². The number of benzene rings is 1. The van der Waals surface area contributed by atoms with E-state index in [0.717, 1.165) is 12.5 Å². The average molecular weight is 402 g/mol. The van der Waals surface area contributed by atoms with Crippen LogP contribution in [0.25, 0.3) is 0 Å². The Labute approximate surface area is 141 Å². The molecule has 12 heteroatoms. The van der Waals surface area contributed by atoms with Crippen LogP contribution in [0.3, 0.4) is 0 Å². The molecule has 0 spiro atoms. The molecule has 1 aromatic carbocycles. The third kappa shape index (κ3) is 5.53. The van der Waals surface area contributed by atoms with Crippen molar-refractivity contribution in [2.24, 2.45) is 0 Å². The van der Waals surface area contributed by atoms with Crippen LogP contribution >= 0.6 is 0 Å². The molecule has 0 aliphatic heterocycles. The van der Waals surface area contributed by atoms with E-state index in [4.69, 9.17) is 12.5 Å². The van der Waals surface area contributed by atoms with Gasteiger partial charge >= 0.3 is 30.4 Å². The highest BCUT2D eigenvalue weighted by Gasteiger charge is 2.28. The zero-order chi connectivity index (χ0) is 19.1. The Morgan fingerprint density at radius 3 is 1.00 bits per heavy atom. The van der Waals surface area contributed by atoms with Crippen LogP contribution in [0.15, 0.2) is 0 Å². The third-order valence-corrected chi connectivity index (χ3v) is 4.33. The molecule has 0 radical (unpaired) electrons. The minimum absolute atomic E-state index is 0.262. The minimum atomic E-state index is -4.13. The second-order valence-corrected chi connectivity index (χ2v) is 9.95. The summed E-state index contributed by atoms with van der Waals surface area (Å²) in [6, 6.07) is 0. The first-order valence-electron chi connectivity index (χ1n) is 6.34. The summed E-state index contributed by atoms with van der Waals surface area (Å²) in [5.41, 5.74) is 0.975. The van der Waals surface area contributed by atoms with Crippen molar-refractivity contribution in [1.29, 1.82) is 0 Å². The van der Waals surface area contributed by atoms with E-state index in [9.17, 15) is 25.3 Å². The SMILES string of the molecule is Cc1c(C)c(OS(C)(=O)=O)c(OS(C)(=O)=O)c(OS(C)(=O)=O)c1C. The van der Waals surface area contributed by atoms with E-state index in [2.05, 4.69) is 0 Å². The molecule has 0 bridgehead atoms. The van der Waals surface area contributed by atoms with Gasteiger partial charge in [0.05, 0.1) is 18.8 Å². The number of hydrogen-bond donors (Lipinski definition) is 0. The van der Waals surface area contributed by atoms with Crippen molar-refractivity contribution in [1.82, 2.24) is 0 Å².